The third-order valence-electron chi connectivity index (χ3n) is 6.45. The van der Waals surface area contributed by atoms with Crippen molar-refractivity contribution in [1.82, 2.24) is 9.78 Å². The van der Waals surface area contributed by atoms with Gasteiger partial charge in [0.15, 0.2) is 5.60 Å². The van der Waals surface area contributed by atoms with Crippen molar-refractivity contribution in [3.05, 3.63) is 106 Å². The number of nitrogens with zero attached hydrogens (tertiary/aromatic N) is 3. The largest absolute Gasteiger partial charge is 0.372 e. The van der Waals surface area contributed by atoms with Gasteiger partial charge in [-0.15, -0.1) is 0 Å². The maximum Gasteiger partial charge on any atom is 0.260 e. The summed E-state index contributed by atoms with van der Waals surface area (Å²) in [6.07, 6.45) is 1.72. The van der Waals surface area contributed by atoms with Crippen LogP contribution in [-0.2, 0) is 24.0 Å². The summed E-state index contributed by atoms with van der Waals surface area (Å²) in [5.74, 6) is -0.485. The molecule has 0 aliphatic carbocycles. The Morgan fingerprint density at radius 2 is 1.83 bits per heavy atom. The number of nitrogens with two attached hydrogens (primary N) is 1. The number of aryl methyl sites for hydroxylation is 2. The van der Waals surface area contributed by atoms with E-state index in [0.29, 0.717) is 11.3 Å². The summed E-state index contributed by atoms with van der Waals surface area (Å²) in [5, 5.41) is 19.1. The highest BCUT2D eigenvalue weighted by Crippen LogP contribution is 2.38. The predicted molar refractivity (Wildman–Crippen MR) is 138 cm³/mol. The van der Waals surface area contributed by atoms with Crippen molar-refractivity contribution in [1.29, 1.82) is 0 Å². The Morgan fingerprint density at radius 1 is 1.08 bits per heavy atom. The molecule has 0 fully saturated rings. The van der Waals surface area contributed by atoms with Gasteiger partial charge in [-0.05, 0) is 47.9 Å². The lowest BCUT2D eigenvalue weighted by molar-refractivity contribution is -0.133. The van der Waals surface area contributed by atoms with Crippen molar-refractivity contribution >= 4 is 40.6 Å². The molecule has 0 saturated carbocycles. The van der Waals surface area contributed by atoms with Gasteiger partial charge in [-0.2, -0.15) is 5.10 Å². The summed E-state index contributed by atoms with van der Waals surface area (Å²) in [5.41, 5.74) is 7.55. The third-order valence-corrected chi connectivity index (χ3v) is 6.76. The molecule has 2 heterocycles. The molecule has 1 aromatic heterocycles. The topological polar surface area (TPSA) is 113 Å². The fourth-order valence-corrected chi connectivity index (χ4v) is 4.76. The lowest BCUT2D eigenvalue weighted by Crippen LogP contribution is -2.42. The number of primary amides is 1. The predicted octanol–water partition coefficient (Wildman–Crippen LogP) is 4.01. The van der Waals surface area contributed by atoms with Gasteiger partial charge in [0, 0.05) is 12.6 Å². The Hall–Kier alpha value is -4.14. The molecular weight excluding hydrogens is 478 g/mol. The lowest BCUT2D eigenvalue weighted by Gasteiger charge is -2.27. The van der Waals surface area contributed by atoms with Crippen molar-refractivity contribution in [3.8, 4) is 0 Å². The van der Waals surface area contributed by atoms with Crippen molar-refractivity contribution in [2.75, 3.05) is 10.2 Å². The maximum absolute atomic E-state index is 13.8. The molecule has 1 aliphatic rings. The van der Waals surface area contributed by atoms with E-state index in [1.54, 1.807) is 46.1 Å². The van der Waals surface area contributed by atoms with Gasteiger partial charge in [0.1, 0.15) is 5.82 Å². The number of aromatic nitrogens is 2. The van der Waals surface area contributed by atoms with E-state index in [1.807, 2.05) is 32.2 Å². The van der Waals surface area contributed by atoms with E-state index in [1.165, 1.54) is 18.2 Å². The zero-order valence-electron chi connectivity index (χ0n) is 19.7. The first-order valence-electron chi connectivity index (χ1n) is 11.3. The monoisotopic (exact) mass is 501 g/mol. The van der Waals surface area contributed by atoms with Crippen LogP contribution in [0.1, 0.15) is 32.6 Å². The number of carbonyl (C=O) groups is 2. The molecule has 8 nitrogen and oxygen atoms in total. The Bertz CT molecular complexity index is 1500. The number of fused-ring (bicyclic) bond motifs is 2. The van der Waals surface area contributed by atoms with Crippen LogP contribution in [0.15, 0.2) is 72.9 Å². The van der Waals surface area contributed by atoms with Gasteiger partial charge in [0.2, 0.25) is 0 Å². The van der Waals surface area contributed by atoms with Gasteiger partial charge >= 0.3 is 0 Å². The standard InChI is InChI=1S/C27H24ClN5O3/c1-16-8-11-23-22(12-16)31-24-17(14-30-32(24)2)15-33(23)25(34)20-10-9-19(13-21(20)28)27(36,26(29)35)18-6-4-3-5-7-18/h3-14,31,36H,15H2,1-2H3,(H2,29,35). The number of carbonyl (C=O) groups excluding carboxylic acids is 2. The van der Waals surface area contributed by atoms with Gasteiger partial charge in [-0.1, -0.05) is 54.1 Å². The van der Waals surface area contributed by atoms with Crippen molar-refractivity contribution in [2.24, 2.45) is 12.8 Å². The summed E-state index contributed by atoms with van der Waals surface area (Å²) in [7, 11) is 1.83. The summed E-state index contributed by atoms with van der Waals surface area (Å²) in [6.45, 7) is 2.25. The Kier molecular flexibility index (Phi) is 5.78. The van der Waals surface area contributed by atoms with E-state index < -0.39 is 11.5 Å². The van der Waals surface area contributed by atoms with E-state index in [9.17, 15) is 14.7 Å². The summed E-state index contributed by atoms with van der Waals surface area (Å²) < 4.78 is 1.73. The van der Waals surface area contributed by atoms with Crippen LogP contribution >= 0.6 is 11.6 Å². The zero-order chi connectivity index (χ0) is 25.6. The third kappa shape index (κ3) is 3.80. The van der Waals surface area contributed by atoms with Crippen LogP contribution in [0.5, 0.6) is 0 Å². The summed E-state index contributed by atoms with van der Waals surface area (Å²) in [4.78, 5) is 27.8. The maximum atomic E-state index is 13.8. The number of nitrogens with one attached hydrogen (secondary N) is 1. The highest BCUT2D eigenvalue weighted by molar-refractivity contribution is 6.34. The first-order valence-corrected chi connectivity index (χ1v) is 11.7. The average molecular weight is 502 g/mol. The summed E-state index contributed by atoms with van der Waals surface area (Å²) >= 11 is 6.60. The first kappa shape index (κ1) is 23.6. The van der Waals surface area contributed by atoms with Crippen LogP contribution in [0.2, 0.25) is 5.02 Å². The Morgan fingerprint density at radius 3 is 2.53 bits per heavy atom. The van der Waals surface area contributed by atoms with E-state index in [2.05, 4.69) is 10.4 Å². The second-order valence-electron chi connectivity index (χ2n) is 8.81. The van der Waals surface area contributed by atoms with Crippen LogP contribution in [0.25, 0.3) is 0 Å². The van der Waals surface area contributed by atoms with Crippen molar-refractivity contribution < 1.29 is 14.7 Å². The number of benzene rings is 3. The minimum atomic E-state index is -2.10. The van der Waals surface area contributed by atoms with E-state index in [-0.39, 0.29) is 28.6 Å². The normalized spacial score (nSPS) is 14.2. The molecular formula is C27H24ClN5O3. The van der Waals surface area contributed by atoms with Crippen LogP contribution in [0.3, 0.4) is 0 Å². The second kappa shape index (κ2) is 8.82. The highest BCUT2D eigenvalue weighted by atomic mass is 35.5. The minimum Gasteiger partial charge on any atom is -0.372 e. The molecule has 0 spiro atoms. The summed E-state index contributed by atoms with van der Waals surface area (Å²) in [6, 6.07) is 18.6. The minimum absolute atomic E-state index is 0.0883. The molecule has 182 valence electrons. The highest BCUT2D eigenvalue weighted by Gasteiger charge is 2.39. The molecule has 5 rings (SSSR count). The number of anilines is 3. The second-order valence-corrected chi connectivity index (χ2v) is 9.22. The number of aliphatic hydroxyl groups is 1. The number of rotatable bonds is 4. The molecule has 9 heteroatoms. The van der Waals surface area contributed by atoms with Crippen LogP contribution in [0.4, 0.5) is 17.2 Å². The number of hydrogen-bond donors (Lipinski definition) is 3. The van der Waals surface area contributed by atoms with Gasteiger partial charge in [0.25, 0.3) is 11.8 Å². The molecule has 4 N–H and O–H groups in total. The molecule has 0 saturated heterocycles. The molecule has 3 aromatic carbocycles. The number of halogens is 1. The van der Waals surface area contributed by atoms with Crippen LogP contribution in [-0.4, -0.2) is 26.7 Å². The van der Waals surface area contributed by atoms with Crippen molar-refractivity contribution in [2.45, 2.75) is 19.1 Å². The first-order chi connectivity index (χ1) is 17.2. The molecule has 1 atom stereocenters. The fraction of sp³-hybridized carbons (Fsp3) is 0.148. The molecule has 0 bridgehead atoms. The lowest BCUT2D eigenvalue weighted by atomic mass is 9.85. The van der Waals surface area contributed by atoms with Crippen LogP contribution < -0.4 is 16.0 Å². The van der Waals surface area contributed by atoms with Crippen LogP contribution in [0, 0.1) is 6.92 Å². The van der Waals surface area contributed by atoms with E-state index >= 15 is 0 Å². The Balaban J connectivity index is 1.57. The smallest absolute Gasteiger partial charge is 0.260 e. The SMILES string of the molecule is Cc1ccc2c(c1)Nc1c(cnn1C)CN2C(=O)c1ccc(C(O)(C(N)=O)c2ccccc2)cc1Cl. The molecule has 0 radical (unpaired) electrons. The van der Waals surface area contributed by atoms with Gasteiger partial charge in [-0.3, -0.25) is 14.3 Å². The van der Waals surface area contributed by atoms with E-state index in [0.717, 1.165) is 22.6 Å². The average Bonchev–Trinajstić information content (AvgIpc) is 3.11. The molecule has 2 amide bonds. The molecule has 4 aromatic rings. The van der Waals surface area contributed by atoms with Gasteiger partial charge in [-0.25, -0.2) is 0 Å². The number of hydrogen-bond acceptors (Lipinski definition) is 5. The quantitative estimate of drug-likeness (QED) is 0.391. The molecule has 36 heavy (non-hydrogen) atoms. The zero-order valence-corrected chi connectivity index (χ0v) is 20.5. The van der Waals surface area contributed by atoms with E-state index in [4.69, 9.17) is 17.3 Å². The fourth-order valence-electron chi connectivity index (χ4n) is 4.50. The molecule has 1 aliphatic heterocycles. The Labute approximate surface area is 212 Å². The van der Waals surface area contributed by atoms with Gasteiger partial charge < -0.3 is 21.1 Å². The van der Waals surface area contributed by atoms with Gasteiger partial charge in [0.05, 0.1) is 34.7 Å². The van der Waals surface area contributed by atoms with Crippen molar-refractivity contribution in [3.63, 3.8) is 0 Å². The number of amides is 2. The molecule has 1 unspecified atom stereocenters.